The fourth-order valence-corrected chi connectivity index (χ4v) is 3.89. The molecule has 1 atom stereocenters. The molecular weight excluding hydrogens is 398 g/mol. The van der Waals surface area contributed by atoms with Gasteiger partial charge in [0.05, 0.1) is 11.8 Å². The normalized spacial score (nSPS) is 15.8. The molecule has 0 spiro atoms. The van der Waals surface area contributed by atoms with Gasteiger partial charge in [0.2, 0.25) is 11.8 Å². The van der Waals surface area contributed by atoms with Gasteiger partial charge in [0.1, 0.15) is 5.56 Å². The summed E-state index contributed by atoms with van der Waals surface area (Å²) in [5, 5.41) is 16.3. The molecule has 2 aromatic rings. The van der Waals surface area contributed by atoms with Gasteiger partial charge in [-0.3, -0.25) is 18.7 Å². The minimum atomic E-state index is -0.638. The van der Waals surface area contributed by atoms with Crippen molar-refractivity contribution < 1.29 is 9.90 Å². The third-order valence-electron chi connectivity index (χ3n) is 5.80. The first kappa shape index (κ1) is 22.3. The molecule has 2 heterocycles. The number of nitrogens with zero attached hydrogens (tertiary/aromatic N) is 5. The summed E-state index contributed by atoms with van der Waals surface area (Å²) in [5.41, 5.74) is 0.938. The van der Waals surface area contributed by atoms with Crippen LogP contribution in [0.4, 0.5) is 5.69 Å². The lowest BCUT2D eigenvalue weighted by Gasteiger charge is -2.24. The van der Waals surface area contributed by atoms with E-state index in [1.807, 2.05) is 24.3 Å². The van der Waals surface area contributed by atoms with Crippen LogP contribution in [0.3, 0.4) is 0 Å². The van der Waals surface area contributed by atoms with Gasteiger partial charge in [-0.2, -0.15) is 5.10 Å². The predicted octanol–water partition coefficient (Wildman–Crippen LogP) is 1.72. The van der Waals surface area contributed by atoms with E-state index in [1.165, 1.54) is 19.1 Å². The third-order valence-corrected chi connectivity index (χ3v) is 5.80. The van der Waals surface area contributed by atoms with Crippen molar-refractivity contribution in [2.45, 2.75) is 39.7 Å². The highest BCUT2D eigenvalue weighted by Crippen LogP contribution is 2.34. The smallest absolute Gasteiger partial charge is 0.333 e. The van der Waals surface area contributed by atoms with Gasteiger partial charge in [-0.05, 0) is 31.5 Å². The number of carbonyl (C=O) groups is 1. The first-order chi connectivity index (χ1) is 14.7. The number of hydrogen-bond acceptors (Lipinski definition) is 6. The van der Waals surface area contributed by atoms with Crippen LogP contribution in [0.5, 0.6) is 5.88 Å². The molecular formula is C22H29N5O4. The molecule has 1 aliphatic heterocycles. The highest BCUT2D eigenvalue weighted by Gasteiger charge is 2.35. The molecule has 31 heavy (non-hydrogen) atoms. The van der Waals surface area contributed by atoms with Crippen LogP contribution in [0.15, 0.2) is 39.0 Å². The zero-order chi connectivity index (χ0) is 22.9. The van der Waals surface area contributed by atoms with Crippen LogP contribution in [-0.4, -0.2) is 44.0 Å². The van der Waals surface area contributed by atoms with E-state index in [4.69, 9.17) is 0 Å². The van der Waals surface area contributed by atoms with E-state index >= 15 is 0 Å². The standard InChI is InChI=1S/C22H29N5O4/c1-6-18(28)27-17(14-9-11-15(12-10-14)26(7-2)8-3)13-16(23-27)19-20(29)24(4)22(31)25(5)21(19)30/h9-12,17,29H,6-8,13H2,1-5H3. The van der Waals surface area contributed by atoms with Gasteiger partial charge >= 0.3 is 5.69 Å². The molecule has 1 aromatic carbocycles. The maximum atomic E-state index is 12.7. The van der Waals surface area contributed by atoms with Crippen LogP contribution in [0.1, 0.15) is 50.8 Å². The number of amides is 1. The summed E-state index contributed by atoms with van der Waals surface area (Å²) in [5.74, 6) is -0.637. The van der Waals surface area contributed by atoms with E-state index < -0.39 is 23.2 Å². The molecule has 0 aliphatic carbocycles. The number of aromatic nitrogens is 2. The second-order valence-corrected chi connectivity index (χ2v) is 7.53. The van der Waals surface area contributed by atoms with Crippen molar-refractivity contribution in [1.82, 2.24) is 14.1 Å². The monoisotopic (exact) mass is 427 g/mol. The lowest BCUT2D eigenvalue weighted by molar-refractivity contribution is -0.132. The van der Waals surface area contributed by atoms with Crippen molar-refractivity contribution in [3.05, 3.63) is 56.2 Å². The molecule has 0 radical (unpaired) electrons. The van der Waals surface area contributed by atoms with E-state index in [0.717, 1.165) is 33.5 Å². The largest absolute Gasteiger partial charge is 0.494 e. The van der Waals surface area contributed by atoms with Crippen LogP contribution in [0.25, 0.3) is 0 Å². The van der Waals surface area contributed by atoms with Crippen molar-refractivity contribution >= 4 is 17.3 Å². The van der Waals surface area contributed by atoms with Gasteiger partial charge in [-0.1, -0.05) is 19.1 Å². The summed E-state index contributed by atoms with van der Waals surface area (Å²) in [4.78, 5) is 39.6. The Morgan fingerprint density at radius 2 is 1.71 bits per heavy atom. The molecule has 1 aliphatic rings. The van der Waals surface area contributed by atoms with Gasteiger partial charge in [-0.25, -0.2) is 9.80 Å². The summed E-state index contributed by atoms with van der Waals surface area (Å²) in [6.45, 7) is 7.72. The molecule has 9 nitrogen and oxygen atoms in total. The summed E-state index contributed by atoms with van der Waals surface area (Å²) in [6, 6.07) is 7.56. The number of anilines is 1. The van der Waals surface area contributed by atoms with E-state index in [-0.39, 0.29) is 30.0 Å². The topological polar surface area (TPSA) is 100 Å². The highest BCUT2D eigenvalue weighted by molar-refractivity contribution is 6.04. The summed E-state index contributed by atoms with van der Waals surface area (Å²) >= 11 is 0. The SMILES string of the molecule is CCC(=O)N1N=C(c2c(O)n(C)c(=O)n(C)c2=O)CC1c1ccc(N(CC)CC)cc1. The van der Waals surface area contributed by atoms with Crippen molar-refractivity contribution in [3.8, 4) is 5.88 Å². The van der Waals surface area contributed by atoms with Gasteiger partial charge in [0.25, 0.3) is 5.56 Å². The predicted molar refractivity (Wildman–Crippen MR) is 120 cm³/mol. The zero-order valence-corrected chi connectivity index (χ0v) is 18.6. The Bertz CT molecular complexity index is 1130. The number of rotatable bonds is 6. The molecule has 9 heteroatoms. The number of hydrazone groups is 1. The highest BCUT2D eigenvalue weighted by atomic mass is 16.3. The second-order valence-electron chi connectivity index (χ2n) is 7.53. The van der Waals surface area contributed by atoms with Gasteiger partial charge in [0.15, 0.2) is 0 Å². The number of carbonyl (C=O) groups excluding carboxylic acids is 1. The van der Waals surface area contributed by atoms with Gasteiger partial charge in [-0.15, -0.1) is 0 Å². The molecule has 166 valence electrons. The maximum absolute atomic E-state index is 12.7. The summed E-state index contributed by atoms with van der Waals surface area (Å²) in [6.07, 6.45) is 0.513. The Balaban J connectivity index is 2.04. The minimum Gasteiger partial charge on any atom is -0.494 e. The fourth-order valence-electron chi connectivity index (χ4n) is 3.89. The fraction of sp³-hybridized carbons (Fsp3) is 0.455. The molecule has 1 unspecified atom stereocenters. The molecule has 3 rings (SSSR count). The van der Waals surface area contributed by atoms with Crippen molar-refractivity contribution in [2.75, 3.05) is 18.0 Å². The van der Waals surface area contributed by atoms with Crippen molar-refractivity contribution in [1.29, 1.82) is 0 Å². The maximum Gasteiger partial charge on any atom is 0.333 e. The van der Waals surface area contributed by atoms with Crippen molar-refractivity contribution in [2.24, 2.45) is 19.2 Å². The van der Waals surface area contributed by atoms with E-state index in [9.17, 15) is 19.5 Å². The molecule has 0 bridgehead atoms. The van der Waals surface area contributed by atoms with Crippen LogP contribution < -0.4 is 16.1 Å². The molecule has 1 aromatic heterocycles. The second kappa shape index (κ2) is 8.79. The molecule has 1 N–H and O–H groups in total. The average Bonchev–Trinajstić information content (AvgIpc) is 3.22. The van der Waals surface area contributed by atoms with Gasteiger partial charge in [0, 0.05) is 45.7 Å². The Kier molecular flexibility index (Phi) is 6.33. The quantitative estimate of drug-likeness (QED) is 0.757. The Morgan fingerprint density at radius 3 is 2.26 bits per heavy atom. The first-order valence-electron chi connectivity index (χ1n) is 10.5. The molecule has 1 amide bonds. The molecule has 0 saturated heterocycles. The van der Waals surface area contributed by atoms with Crippen LogP contribution in [-0.2, 0) is 18.9 Å². The Hall–Kier alpha value is -3.36. The van der Waals surface area contributed by atoms with Crippen LogP contribution in [0.2, 0.25) is 0 Å². The number of benzene rings is 1. The molecule has 0 fully saturated rings. The lowest BCUT2D eigenvalue weighted by atomic mass is 9.98. The summed E-state index contributed by atoms with van der Waals surface area (Å²) < 4.78 is 1.92. The van der Waals surface area contributed by atoms with E-state index in [2.05, 4.69) is 23.8 Å². The lowest BCUT2D eigenvalue weighted by Crippen LogP contribution is -2.39. The third kappa shape index (κ3) is 3.87. The van der Waals surface area contributed by atoms with E-state index in [0.29, 0.717) is 0 Å². The zero-order valence-electron chi connectivity index (χ0n) is 18.6. The van der Waals surface area contributed by atoms with Crippen LogP contribution >= 0.6 is 0 Å². The Labute approximate surface area is 180 Å². The summed E-state index contributed by atoms with van der Waals surface area (Å²) in [7, 11) is 2.73. The number of hydrogen-bond donors (Lipinski definition) is 1. The van der Waals surface area contributed by atoms with Gasteiger partial charge < -0.3 is 10.0 Å². The average molecular weight is 428 g/mol. The van der Waals surface area contributed by atoms with Crippen molar-refractivity contribution in [3.63, 3.8) is 0 Å². The molecule has 0 saturated carbocycles. The van der Waals surface area contributed by atoms with Crippen LogP contribution in [0, 0.1) is 0 Å². The first-order valence-corrected chi connectivity index (χ1v) is 10.5. The van der Waals surface area contributed by atoms with E-state index in [1.54, 1.807) is 6.92 Å². The minimum absolute atomic E-state index is 0.0548. The Morgan fingerprint density at radius 1 is 1.10 bits per heavy atom. The number of aromatic hydroxyl groups is 1.